The molecule has 6 atom stereocenters. The Morgan fingerprint density at radius 1 is 1.19 bits per heavy atom. The van der Waals surface area contributed by atoms with E-state index in [0.29, 0.717) is 17.3 Å². The molecule has 0 amide bonds. The zero-order chi connectivity index (χ0) is 21.5. The van der Waals surface area contributed by atoms with Crippen LogP contribution in [0.3, 0.4) is 0 Å². The fourth-order valence-corrected chi connectivity index (χ4v) is 4.34. The van der Waals surface area contributed by atoms with Crippen LogP contribution in [-0.4, -0.2) is 55.8 Å². The van der Waals surface area contributed by atoms with Crippen molar-refractivity contribution in [2.75, 3.05) is 6.61 Å². The van der Waals surface area contributed by atoms with Crippen LogP contribution >= 0.6 is 15.9 Å². The molecule has 3 unspecified atom stereocenters. The third-order valence-corrected chi connectivity index (χ3v) is 5.90. The van der Waals surface area contributed by atoms with Crippen LogP contribution < -0.4 is 5.73 Å². The Kier molecular flexibility index (Phi) is 5.59. The minimum Gasteiger partial charge on any atom is -0.388 e. The van der Waals surface area contributed by atoms with Gasteiger partial charge < -0.3 is 25.1 Å². The Morgan fingerprint density at radius 2 is 2.00 bits per heavy atom. The molecule has 1 aromatic carbocycles. The van der Waals surface area contributed by atoms with Crippen LogP contribution in [0.2, 0.25) is 0 Å². The fourth-order valence-electron chi connectivity index (χ4n) is 3.99. The van der Waals surface area contributed by atoms with Gasteiger partial charge in [-0.1, -0.05) is 30.3 Å². The lowest BCUT2D eigenvalue weighted by Gasteiger charge is -2.46. The predicted molar refractivity (Wildman–Crippen MR) is 113 cm³/mol. The van der Waals surface area contributed by atoms with Gasteiger partial charge in [0.05, 0.1) is 24.5 Å². The van der Waals surface area contributed by atoms with Gasteiger partial charge in [0, 0.05) is 16.2 Å². The first-order valence-electron chi connectivity index (χ1n) is 9.97. The van der Waals surface area contributed by atoms with Gasteiger partial charge in [-0.25, -0.2) is 9.67 Å². The van der Waals surface area contributed by atoms with Crippen LogP contribution in [0.1, 0.15) is 29.6 Å². The Bertz CT molecular complexity index is 1060. The lowest BCUT2D eigenvalue weighted by Crippen LogP contribution is -2.62. The zero-order valence-electron chi connectivity index (χ0n) is 16.7. The van der Waals surface area contributed by atoms with E-state index >= 15 is 0 Å². The smallest absolute Gasteiger partial charge is 0.184 e. The van der Waals surface area contributed by atoms with Gasteiger partial charge in [0.25, 0.3) is 0 Å². The Labute approximate surface area is 187 Å². The van der Waals surface area contributed by atoms with E-state index in [0.717, 1.165) is 10.0 Å². The molecule has 3 N–H and O–H groups in total. The number of fused-ring (bicyclic) bond motifs is 1. The summed E-state index contributed by atoms with van der Waals surface area (Å²) in [5.74, 6) is 0.991. The topological polar surface area (TPSA) is 118 Å². The first-order valence-corrected chi connectivity index (χ1v) is 10.8. The van der Waals surface area contributed by atoms with Crippen molar-refractivity contribution in [2.24, 2.45) is 5.73 Å². The molecule has 2 aromatic heterocycles. The van der Waals surface area contributed by atoms with Crippen LogP contribution in [0.5, 0.6) is 0 Å². The first kappa shape index (κ1) is 20.7. The predicted octanol–water partition coefficient (Wildman–Crippen LogP) is 1.98. The van der Waals surface area contributed by atoms with Crippen LogP contribution in [0.25, 0.3) is 5.69 Å². The summed E-state index contributed by atoms with van der Waals surface area (Å²) in [5.41, 5.74) is 8.02. The van der Waals surface area contributed by atoms with Crippen LogP contribution in [0, 0.1) is 6.92 Å². The summed E-state index contributed by atoms with van der Waals surface area (Å²) in [4.78, 5) is 8.70. The normalized spacial score (nSPS) is 30.7. The molecule has 0 aliphatic carbocycles. The first-order chi connectivity index (χ1) is 15.0. The van der Waals surface area contributed by atoms with Gasteiger partial charge in [0.15, 0.2) is 12.1 Å². The molecule has 2 fully saturated rings. The highest BCUT2D eigenvalue weighted by atomic mass is 79.9. The van der Waals surface area contributed by atoms with E-state index in [4.69, 9.17) is 19.9 Å². The SMILES string of the molecule is Cc1nc([C@@H]2OC3COC(c4ccccc4)O[C@@H]3[C@H](N)C2O)n(-c2cncc(Br)c2)n1. The van der Waals surface area contributed by atoms with Crippen LogP contribution in [-0.2, 0) is 14.2 Å². The molecule has 0 radical (unpaired) electrons. The van der Waals surface area contributed by atoms with Crippen molar-refractivity contribution in [1.29, 1.82) is 0 Å². The number of aromatic nitrogens is 4. The molecule has 2 aliphatic heterocycles. The summed E-state index contributed by atoms with van der Waals surface area (Å²) >= 11 is 3.42. The van der Waals surface area contributed by atoms with Crippen molar-refractivity contribution >= 4 is 15.9 Å². The third kappa shape index (κ3) is 3.91. The van der Waals surface area contributed by atoms with Gasteiger partial charge in [0.2, 0.25) is 0 Å². The molecular formula is C21H22BrN5O4. The molecule has 162 valence electrons. The molecule has 31 heavy (non-hydrogen) atoms. The molecule has 4 heterocycles. The molecule has 3 aromatic rings. The van der Waals surface area contributed by atoms with Crippen LogP contribution in [0.15, 0.2) is 53.3 Å². The highest BCUT2D eigenvalue weighted by molar-refractivity contribution is 9.10. The van der Waals surface area contributed by atoms with Gasteiger partial charge in [-0.2, -0.15) is 5.10 Å². The summed E-state index contributed by atoms with van der Waals surface area (Å²) < 4.78 is 20.6. The van der Waals surface area contributed by atoms with E-state index in [2.05, 4.69) is 31.0 Å². The third-order valence-electron chi connectivity index (χ3n) is 5.46. The van der Waals surface area contributed by atoms with E-state index in [-0.39, 0.29) is 6.61 Å². The van der Waals surface area contributed by atoms with Crippen molar-refractivity contribution in [1.82, 2.24) is 19.7 Å². The van der Waals surface area contributed by atoms with E-state index in [1.54, 1.807) is 24.0 Å². The van der Waals surface area contributed by atoms with Crippen molar-refractivity contribution in [3.8, 4) is 5.69 Å². The second-order valence-electron chi connectivity index (χ2n) is 7.63. The van der Waals surface area contributed by atoms with Crippen molar-refractivity contribution in [2.45, 2.75) is 43.7 Å². The Morgan fingerprint density at radius 3 is 2.77 bits per heavy atom. The number of rotatable bonds is 3. The van der Waals surface area contributed by atoms with Crippen molar-refractivity contribution in [3.63, 3.8) is 0 Å². The summed E-state index contributed by atoms with van der Waals surface area (Å²) in [6.45, 7) is 2.06. The number of pyridine rings is 1. The standard InChI is InChI=1S/C21H22BrN5O4/c1-11-25-20(27(26-11)14-7-13(22)8-24-9-14)19-17(28)16(23)18-15(30-19)10-29-21(31-18)12-5-3-2-4-6-12/h2-9,15-19,21,28H,10,23H2,1H3/t15?,16-,17?,18+,19-,21?/m1/s1. The molecule has 10 heteroatoms. The fraction of sp³-hybridized carbons (Fsp3) is 0.381. The number of nitrogens with two attached hydrogens (primary N) is 1. The van der Waals surface area contributed by atoms with Gasteiger partial charge in [-0.05, 0) is 28.9 Å². The van der Waals surface area contributed by atoms with Crippen molar-refractivity contribution in [3.05, 3.63) is 70.5 Å². The minimum absolute atomic E-state index is 0.284. The maximum atomic E-state index is 11.0. The molecule has 5 rings (SSSR count). The number of aliphatic hydroxyl groups excluding tert-OH is 1. The Balaban J connectivity index is 1.42. The molecule has 9 nitrogen and oxygen atoms in total. The highest BCUT2D eigenvalue weighted by Gasteiger charge is 2.49. The van der Waals surface area contributed by atoms with E-state index in [9.17, 15) is 5.11 Å². The number of aliphatic hydroxyl groups is 1. The highest BCUT2D eigenvalue weighted by Crippen LogP contribution is 2.38. The number of ether oxygens (including phenoxy) is 3. The van der Waals surface area contributed by atoms with Gasteiger partial charge in [-0.15, -0.1) is 0 Å². The second-order valence-corrected chi connectivity index (χ2v) is 8.55. The lowest BCUT2D eigenvalue weighted by atomic mass is 9.92. The molecule has 0 saturated carbocycles. The summed E-state index contributed by atoms with van der Waals surface area (Å²) in [7, 11) is 0. The van der Waals surface area contributed by atoms with Crippen LogP contribution in [0.4, 0.5) is 0 Å². The van der Waals surface area contributed by atoms with Crippen molar-refractivity contribution < 1.29 is 19.3 Å². The number of hydrogen-bond donors (Lipinski definition) is 2. The number of nitrogens with zero attached hydrogens (tertiary/aromatic N) is 4. The maximum Gasteiger partial charge on any atom is 0.184 e. The molecular weight excluding hydrogens is 466 g/mol. The maximum absolute atomic E-state index is 11.0. The van der Waals surface area contributed by atoms with E-state index < -0.39 is 36.7 Å². The van der Waals surface area contributed by atoms with Gasteiger partial charge in [-0.3, -0.25) is 4.98 Å². The Hall–Kier alpha value is -2.21. The minimum atomic E-state index is -1.04. The molecule has 2 saturated heterocycles. The summed E-state index contributed by atoms with van der Waals surface area (Å²) in [6, 6.07) is 10.8. The van der Waals surface area contributed by atoms with E-state index in [1.807, 2.05) is 36.4 Å². The monoisotopic (exact) mass is 487 g/mol. The number of benzene rings is 1. The summed E-state index contributed by atoms with van der Waals surface area (Å²) in [6.07, 6.45) is -0.0176. The summed E-state index contributed by atoms with van der Waals surface area (Å²) in [5, 5.41) is 15.5. The molecule has 0 spiro atoms. The zero-order valence-corrected chi connectivity index (χ0v) is 18.3. The number of aryl methyl sites for hydroxylation is 1. The average Bonchev–Trinajstić information content (AvgIpc) is 3.18. The number of halogens is 1. The largest absolute Gasteiger partial charge is 0.388 e. The van der Waals surface area contributed by atoms with Gasteiger partial charge in [0.1, 0.15) is 30.2 Å². The lowest BCUT2D eigenvalue weighted by molar-refractivity contribution is -0.309. The van der Waals surface area contributed by atoms with E-state index in [1.165, 1.54) is 0 Å². The average molecular weight is 488 g/mol. The number of hydrogen-bond acceptors (Lipinski definition) is 8. The quantitative estimate of drug-likeness (QED) is 0.575. The molecule has 0 bridgehead atoms. The molecule has 2 aliphatic rings. The van der Waals surface area contributed by atoms with Gasteiger partial charge >= 0.3 is 0 Å². The second kappa shape index (κ2) is 8.38.